The summed E-state index contributed by atoms with van der Waals surface area (Å²) >= 11 is 0. The van der Waals surface area contributed by atoms with Gasteiger partial charge >= 0.3 is 0 Å². The van der Waals surface area contributed by atoms with Gasteiger partial charge in [0.25, 0.3) is 11.7 Å². The lowest BCUT2D eigenvalue weighted by Crippen LogP contribution is -2.46. The molecule has 11 heteroatoms. The molecule has 0 amide bonds. The van der Waals surface area contributed by atoms with E-state index in [0.717, 1.165) is 93.6 Å². The summed E-state index contributed by atoms with van der Waals surface area (Å²) in [5.74, 6) is 0.880. The predicted octanol–water partition coefficient (Wildman–Crippen LogP) is 7.67. The highest BCUT2D eigenvalue weighted by Crippen LogP contribution is 2.41. The van der Waals surface area contributed by atoms with E-state index in [1.807, 2.05) is 0 Å². The number of hydrogen-bond donors (Lipinski definition) is 1. The molecule has 0 bridgehead atoms. The van der Waals surface area contributed by atoms with Crippen molar-refractivity contribution in [3.05, 3.63) is 29.0 Å². The number of likely N-dealkylation sites (tertiary alicyclic amines) is 1. The predicted molar refractivity (Wildman–Crippen MR) is 188 cm³/mol. The van der Waals surface area contributed by atoms with Gasteiger partial charge in [-0.05, 0) is 86.4 Å². The molecule has 1 atom stereocenters. The zero-order valence-corrected chi connectivity index (χ0v) is 31.1. The second-order valence-electron chi connectivity index (χ2n) is 15.7. The zero-order valence-electron chi connectivity index (χ0n) is 29.1. The minimum absolute atomic E-state index is 0.225. The van der Waals surface area contributed by atoms with E-state index >= 15 is 0 Å². The molecule has 3 aromatic rings. The zero-order chi connectivity index (χ0) is 32.4. The van der Waals surface area contributed by atoms with Crippen LogP contribution >= 0.6 is 0 Å². The maximum absolute atomic E-state index is 6.44. The van der Waals surface area contributed by atoms with Gasteiger partial charge in [-0.15, -0.1) is 0 Å². The van der Waals surface area contributed by atoms with E-state index in [2.05, 4.69) is 81.7 Å². The number of nitrogens with one attached hydrogen (secondary N) is 1. The van der Waals surface area contributed by atoms with E-state index in [1.165, 1.54) is 11.1 Å². The highest BCUT2D eigenvalue weighted by atomic mass is 28.4. The van der Waals surface area contributed by atoms with Gasteiger partial charge in [-0.25, -0.2) is 9.97 Å². The molecule has 1 aliphatic carbocycles. The van der Waals surface area contributed by atoms with Gasteiger partial charge in [0.1, 0.15) is 5.75 Å². The number of piperidine rings is 1. The highest BCUT2D eigenvalue weighted by molar-refractivity contribution is 6.76. The number of anilines is 1. The molecule has 1 N–H and O–H groups in total. The summed E-state index contributed by atoms with van der Waals surface area (Å²) in [6, 6.07) is 4.12. The standard InChI is InChI=1S/C34H55N5O4Si2/c1-24-20-25-12-10-14-27(25)30(41-23-40-18-19-44(5,6)7)29(24)28-21-35-32-31(37-28)38-33(43-32)36-26-13-11-15-39(22-26)16-17-42-45(8,9)34(2,3)4/h20-21,26H,10-19,22-23H2,1-9H3,(H,36,37,38)/t26-/m1/s1. The molecule has 45 heavy (non-hydrogen) atoms. The van der Waals surface area contributed by atoms with Crippen LogP contribution in [0.3, 0.4) is 0 Å². The van der Waals surface area contributed by atoms with Gasteiger partial charge in [0.05, 0.1) is 11.9 Å². The van der Waals surface area contributed by atoms with Crippen molar-refractivity contribution in [2.24, 2.45) is 0 Å². The van der Waals surface area contributed by atoms with Gasteiger partial charge in [-0.1, -0.05) is 46.5 Å². The van der Waals surface area contributed by atoms with Crippen LogP contribution < -0.4 is 10.1 Å². The molecule has 0 spiro atoms. The number of hydrogen-bond acceptors (Lipinski definition) is 9. The molecule has 0 saturated carbocycles. The molecule has 1 aliphatic heterocycles. The summed E-state index contributed by atoms with van der Waals surface area (Å²) < 4.78 is 24.8. The van der Waals surface area contributed by atoms with Gasteiger partial charge < -0.3 is 23.6 Å². The first kappa shape index (κ1) is 34.0. The highest BCUT2D eigenvalue weighted by Gasteiger charge is 2.37. The Balaban J connectivity index is 1.26. The van der Waals surface area contributed by atoms with Crippen LogP contribution in [0, 0.1) is 6.92 Å². The average Bonchev–Trinajstić information content (AvgIpc) is 3.57. The van der Waals surface area contributed by atoms with Crippen molar-refractivity contribution in [2.45, 2.75) is 110 Å². The molecule has 0 radical (unpaired) electrons. The van der Waals surface area contributed by atoms with E-state index in [0.29, 0.717) is 17.4 Å². The third-order valence-electron chi connectivity index (χ3n) is 9.72. The fourth-order valence-corrected chi connectivity index (χ4v) is 7.76. The molecular formula is C34H55N5O4Si2. The van der Waals surface area contributed by atoms with E-state index < -0.39 is 16.4 Å². The number of nitrogens with zero attached hydrogens (tertiary/aromatic N) is 4. The van der Waals surface area contributed by atoms with Crippen LogP contribution in [0.1, 0.15) is 56.7 Å². The van der Waals surface area contributed by atoms with Crippen LogP contribution in [-0.4, -0.2) is 81.9 Å². The summed E-state index contributed by atoms with van der Waals surface area (Å²) in [6.07, 6.45) is 7.19. The number of benzene rings is 1. The molecule has 2 aliphatic rings. The summed E-state index contributed by atoms with van der Waals surface area (Å²) in [5.41, 5.74) is 6.42. The Morgan fingerprint density at radius 2 is 1.87 bits per heavy atom. The van der Waals surface area contributed by atoms with Crippen LogP contribution in [0.4, 0.5) is 6.01 Å². The van der Waals surface area contributed by atoms with Crippen LogP contribution in [0.15, 0.2) is 16.7 Å². The molecule has 248 valence electrons. The maximum atomic E-state index is 6.44. The Hall–Kier alpha value is -2.32. The lowest BCUT2D eigenvalue weighted by atomic mass is 9.97. The Morgan fingerprint density at radius 3 is 2.62 bits per heavy atom. The number of rotatable bonds is 13. The Labute approximate surface area is 272 Å². The largest absolute Gasteiger partial charge is 0.467 e. The van der Waals surface area contributed by atoms with Crippen LogP contribution in [-0.2, 0) is 22.0 Å². The van der Waals surface area contributed by atoms with Gasteiger partial charge in [0.15, 0.2) is 15.1 Å². The number of ether oxygens (including phenoxy) is 2. The van der Waals surface area contributed by atoms with Crippen molar-refractivity contribution >= 4 is 33.8 Å². The molecule has 2 aromatic heterocycles. The summed E-state index contributed by atoms with van der Waals surface area (Å²) in [7, 11) is -2.90. The van der Waals surface area contributed by atoms with E-state index in [-0.39, 0.29) is 17.9 Å². The monoisotopic (exact) mass is 653 g/mol. The van der Waals surface area contributed by atoms with Gasteiger partial charge in [0, 0.05) is 46.0 Å². The Bertz CT molecular complexity index is 1460. The Kier molecular flexibility index (Phi) is 10.4. The minimum atomic E-state index is -1.74. The maximum Gasteiger partial charge on any atom is 0.298 e. The van der Waals surface area contributed by atoms with E-state index in [4.69, 9.17) is 28.3 Å². The smallest absolute Gasteiger partial charge is 0.298 e. The Morgan fingerprint density at radius 1 is 1.07 bits per heavy atom. The summed E-state index contributed by atoms with van der Waals surface area (Å²) in [5, 5.41) is 3.75. The number of oxazole rings is 1. The fraction of sp³-hybridized carbons (Fsp3) is 0.676. The van der Waals surface area contributed by atoms with Crippen LogP contribution in [0.2, 0.25) is 43.8 Å². The lowest BCUT2D eigenvalue weighted by Gasteiger charge is -2.38. The second kappa shape index (κ2) is 13.8. The molecule has 0 unspecified atom stereocenters. The molecule has 1 saturated heterocycles. The van der Waals surface area contributed by atoms with Crippen molar-refractivity contribution in [3.63, 3.8) is 0 Å². The SMILES string of the molecule is Cc1cc2c(c(OCOCC[Si](C)(C)C)c1-c1cnc3oc(N[C@@H]4CCCN(CCO[Si](C)(C)C(C)(C)C)C4)nc3n1)CCC2. The van der Waals surface area contributed by atoms with E-state index in [9.17, 15) is 0 Å². The fourth-order valence-electron chi connectivity index (χ4n) is 5.97. The topological polar surface area (TPSA) is 94.8 Å². The summed E-state index contributed by atoms with van der Waals surface area (Å²) in [4.78, 5) is 16.8. The van der Waals surface area contributed by atoms with Crippen LogP contribution in [0.5, 0.6) is 5.75 Å². The molecule has 1 fully saturated rings. The normalized spacial score (nSPS) is 18.0. The third-order valence-corrected chi connectivity index (χ3v) is 16.0. The quantitative estimate of drug-likeness (QED) is 0.113. The van der Waals surface area contributed by atoms with Gasteiger partial charge in [-0.3, -0.25) is 4.90 Å². The first-order chi connectivity index (χ1) is 21.2. The van der Waals surface area contributed by atoms with Crippen LogP contribution in [0.25, 0.3) is 22.6 Å². The first-order valence-corrected chi connectivity index (χ1v) is 23.4. The van der Waals surface area contributed by atoms with Gasteiger partial charge in [0.2, 0.25) is 5.65 Å². The number of fused-ring (bicyclic) bond motifs is 2. The van der Waals surface area contributed by atoms with Crippen molar-refractivity contribution in [1.29, 1.82) is 0 Å². The van der Waals surface area contributed by atoms with E-state index in [1.54, 1.807) is 6.20 Å². The molecule has 5 rings (SSSR count). The summed E-state index contributed by atoms with van der Waals surface area (Å²) in [6.45, 7) is 25.4. The first-order valence-electron chi connectivity index (χ1n) is 16.8. The second-order valence-corrected chi connectivity index (χ2v) is 26.1. The number of aryl methyl sites for hydroxylation is 2. The molecule has 3 heterocycles. The minimum Gasteiger partial charge on any atom is -0.467 e. The average molecular weight is 654 g/mol. The van der Waals surface area contributed by atoms with Crippen molar-refractivity contribution < 1.29 is 18.3 Å². The molecular weight excluding hydrogens is 599 g/mol. The van der Waals surface area contributed by atoms with Crippen molar-refractivity contribution in [2.75, 3.05) is 45.0 Å². The van der Waals surface area contributed by atoms with Crippen molar-refractivity contribution in [1.82, 2.24) is 19.9 Å². The van der Waals surface area contributed by atoms with Gasteiger partial charge in [-0.2, -0.15) is 4.98 Å². The van der Waals surface area contributed by atoms with Crippen molar-refractivity contribution in [3.8, 4) is 17.0 Å². The third kappa shape index (κ3) is 8.54. The molecule has 9 nitrogen and oxygen atoms in total. The molecule has 1 aromatic carbocycles. The number of aromatic nitrogens is 3. The lowest BCUT2D eigenvalue weighted by molar-refractivity contribution is 0.0218.